The van der Waals surface area contributed by atoms with Crippen LogP contribution in [0, 0.1) is 12.8 Å². The summed E-state index contributed by atoms with van der Waals surface area (Å²) in [5.74, 6) is 2.29. The van der Waals surface area contributed by atoms with Gasteiger partial charge in [0.2, 0.25) is 0 Å². The van der Waals surface area contributed by atoms with Gasteiger partial charge in [-0.25, -0.2) is 9.97 Å². The van der Waals surface area contributed by atoms with Crippen LogP contribution in [0.4, 0.5) is 5.82 Å². The maximum atomic E-state index is 4.41. The van der Waals surface area contributed by atoms with Gasteiger partial charge >= 0.3 is 0 Å². The first-order valence-corrected chi connectivity index (χ1v) is 7.54. The van der Waals surface area contributed by atoms with Crippen molar-refractivity contribution in [2.24, 2.45) is 5.92 Å². The molecule has 0 aliphatic carbocycles. The minimum Gasteiger partial charge on any atom is -0.356 e. The Morgan fingerprint density at radius 2 is 2.23 bits per heavy atom. The Bertz CT molecular complexity index is 762. The molecule has 1 aliphatic heterocycles. The summed E-state index contributed by atoms with van der Waals surface area (Å²) in [7, 11) is 0. The third kappa shape index (κ3) is 2.40. The van der Waals surface area contributed by atoms with E-state index < -0.39 is 0 Å². The summed E-state index contributed by atoms with van der Waals surface area (Å²) < 4.78 is 3.74. The van der Waals surface area contributed by atoms with Crippen LogP contribution in [0.5, 0.6) is 0 Å². The van der Waals surface area contributed by atoms with Crippen molar-refractivity contribution in [1.82, 2.24) is 34.3 Å². The smallest absolute Gasteiger partial charge is 0.254 e. The van der Waals surface area contributed by atoms with Crippen molar-refractivity contribution in [2.75, 3.05) is 18.0 Å². The number of nitrogens with zero attached hydrogens (tertiary/aromatic N) is 8. The van der Waals surface area contributed by atoms with Crippen LogP contribution in [0.2, 0.25) is 0 Å². The van der Waals surface area contributed by atoms with Crippen molar-refractivity contribution in [2.45, 2.75) is 26.3 Å². The standard InChI is InChI=1S/C14H18N8/c1-11-5-13(22-14(19-11)16-9-18-22)20-4-2-3-12(6-20)7-21-10-15-8-17-21/h5,8-10,12H,2-4,6-7H2,1H3. The Hall–Kier alpha value is -2.51. The monoisotopic (exact) mass is 298 g/mol. The van der Waals surface area contributed by atoms with E-state index in [-0.39, 0.29) is 0 Å². The molecule has 8 nitrogen and oxygen atoms in total. The summed E-state index contributed by atoms with van der Waals surface area (Å²) in [5.41, 5.74) is 0.967. The molecule has 1 fully saturated rings. The molecule has 0 radical (unpaired) electrons. The molecule has 0 bridgehead atoms. The van der Waals surface area contributed by atoms with Gasteiger partial charge in [0.25, 0.3) is 5.78 Å². The predicted molar refractivity (Wildman–Crippen MR) is 80.5 cm³/mol. The number of piperidine rings is 1. The van der Waals surface area contributed by atoms with Gasteiger partial charge in [0, 0.05) is 31.4 Å². The largest absolute Gasteiger partial charge is 0.356 e. The van der Waals surface area contributed by atoms with E-state index in [4.69, 9.17) is 0 Å². The summed E-state index contributed by atoms with van der Waals surface area (Å²) in [6, 6.07) is 2.08. The minimum absolute atomic E-state index is 0.558. The summed E-state index contributed by atoms with van der Waals surface area (Å²) >= 11 is 0. The van der Waals surface area contributed by atoms with Crippen LogP contribution in [-0.4, -0.2) is 47.4 Å². The average molecular weight is 298 g/mol. The molecule has 4 heterocycles. The lowest BCUT2D eigenvalue weighted by Crippen LogP contribution is -2.38. The van der Waals surface area contributed by atoms with E-state index in [1.54, 1.807) is 19.0 Å². The van der Waals surface area contributed by atoms with Crippen LogP contribution >= 0.6 is 0 Å². The molecule has 0 aromatic carbocycles. The minimum atomic E-state index is 0.558. The molecule has 0 saturated carbocycles. The molecule has 1 unspecified atom stereocenters. The number of hydrogen-bond acceptors (Lipinski definition) is 6. The first-order valence-electron chi connectivity index (χ1n) is 7.54. The maximum absolute atomic E-state index is 4.41. The predicted octanol–water partition coefficient (Wildman–Crippen LogP) is 0.941. The summed E-state index contributed by atoms with van der Waals surface area (Å²) in [6.07, 6.45) is 7.30. The number of hydrogen-bond donors (Lipinski definition) is 0. The van der Waals surface area contributed by atoms with Crippen molar-refractivity contribution >= 4 is 11.6 Å². The molecular weight excluding hydrogens is 280 g/mol. The molecule has 0 N–H and O–H groups in total. The Balaban J connectivity index is 1.59. The number of fused-ring (bicyclic) bond motifs is 1. The van der Waals surface area contributed by atoms with Crippen molar-refractivity contribution < 1.29 is 0 Å². The first kappa shape index (κ1) is 13.2. The van der Waals surface area contributed by atoms with Gasteiger partial charge in [-0.2, -0.15) is 19.7 Å². The zero-order valence-corrected chi connectivity index (χ0v) is 12.5. The lowest BCUT2D eigenvalue weighted by molar-refractivity contribution is 0.349. The topological polar surface area (TPSA) is 77.0 Å². The Morgan fingerprint density at radius 1 is 1.27 bits per heavy atom. The van der Waals surface area contributed by atoms with E-state index in [1.165, 1.54) is 6.42 Å². The van der Waals surface area contributed by atoms with Crippen molar-refractivity contribution in [3.63, 3.8) is 0 Å². The molecule has 1 saturated heterocycles. The molecule has 1 aliphatic rings. The van der Waals surface area contributed by atoms with Crippen molar-refractivity contribution in [3.8, 4) is 0 Å². The van der Waals surface area contributed by atoms with E-state index in [9.17, 15) is 0 Å². The molecule has 114 valence electrons. The number of aryl methyl sites for hydroxylation is 1. The third-order valence-corrected chi connectivity index (χ3v) is 4.12. The van der Waals surface area contributed by atoms with Gasteiger partial charge in [-0.3, -0.25) is 4.68 Å². The highest BCUT2D eigenvalue weighted by molar-refractivity contribution is 5.47. The van der Waals surface area contributed by atoms with Gasteiger partial charge in [-0.1, -0.05) is 0 Å². The van der Waals surface area contributed by atoms with Crippen LogP contribution in [-0.2, 0) is 6.54 Å². The Kier molecular flexibility index (Phi) is 3.21. The molecule has 4 rings (SSSR count). The zero-order valence-electron chi connectivity index (χ0n) is 12.5. The highest BCUT2D eigenvalue weighted by Gasteiger charge is 2.23. The van der Waals surface area contributed by atoms with Crippen LogP contribution in [0.1, 0.15) is 18.5 Å². The van der Waals surface area contributed by atoms with Crippen LogP contribution in [0.25, 0.3) is 5.78 Å². The lowest BCUT2D eigenvalue weighted by Gasteiger charge is -2.34. The zero-order chi connectivity index (χ0) is 14.9. The molecule has 8 heteroatoms. The van der Waals surface area contributed by atoms with Crippen molar-refractivity contribution in [1.29, 1.82) is 0 Å². The van der Waals surface area contributed by atoms with E-state index in [0.29, 0.717) is 11.7 Å². The van der Waals surface area contributed by atoms with Crippen LogP contribution in [0.3, 0.4) is 0 Å². The molecule has 3 aromatic rings. The van der Waals surface area contributed by atoms with E-state index in [1.807, 2.05) is 16.1 Å². The Labute approximate surface area is 127 Å². The van der Waals surface area contributed by atoms with Gasteiger partial charge in [0.15, 0.2) is 0 Å². The molecule has 1 atom stereocenters. The summed E-state index contributed by atoms with van der Waals surface area (Å²) in [4.78, 5) is 15.0. The second-order valence-corrected chi connectivity index (χ2v) is 5.80. The van der Waals surface area contributed by atoms with E-state index in [2.05, 4.69) is 36.1 Å². The fraction of sp³-hybridized carbons (Fsp3) is 0.500. The molecule has 0 spiro atoms. The molecular formula is C14H18N8. The molecule has 3 aromatic heterocycles. The SMILES string of the molecule is Cc1cc(N2CCCC(Cn3cncn3)C2)n2ncnc2n1. The second-order valence-electron chi connectivity index (χ2n) is 5.80. The van der Waals surface area contributed by atoms with E-state index in [0.717, 1.165) is 37.6 Å². The van der Waals surface area contributed by atoms with Gasteiger partial charge in [-0.05, 0) is 25.7 Å². The fourth-order valence-corrected chi connectivity index (χ4v) is 3.15. The third-order valence-electron chi connectivity index (χ3n) is 4.12. The summed E-state index contributed by atoms with van der Waals surface area (Å²) in [5, 5.41) is 8.52. The first-order chi connectivity index (χ1) is 10.8. The lowest BCUT2D eigenvalue weighted by atomic mass is 9.98. The summed E-state index contributed by atoms with van der Waals surface area (Å²) in [6.45, 7) is 4.92. The van der Waals surface area contributed by atoms with Crippen LogP contribution in [0.15, 0.2) is 25.0 Å². The number of anilines is 1. The fourth-order valence-electron chi connectivity index (χ4n) is 3.15. The quantitative estimate of drug-likeness (QED) is 0.716. The maximum Gasteiger partial charge on any atom is 0.254 e. The van der Waals surface area contributed by atoms with Gasteiger partial charge in [0.05, 0.1) is 0 Å². The number of aromatic nitrogens is 7. The average Bonchev–Trinajstić information content (AvgIpc) is 3.18. The van der Waals surface area contributed by atoms with Crippen LogP contribution < -0.4 is 4.90 Å². The van der Waals surface area contributed by atoms with Gasteiger partial charge in [-0.15, -0.1) is 0 Å². The van der Waals surface area contributed by atoms with E-state index >= 15 is 0 Å². The molecule has 0 amide bonds. The Morgan fingerprint density at radius 3 is 3.09 bits per heavy atom. The second kappa shape index (κ2) is 5.36. The van der Waals surface area contributed by atoms with Crippen molar-refractivity contribution in [3.05, 3.63) is 30.7 Å². The molecule has 22 heavy (non-hydrogen) atoms. The van der Waals surface area contributed by atoms with Gasteiger partial charge < -0.3 is 4.90 Å². The van der Waals surface area contributed by atoms with Gasteiger partial charge in [0.1, 0.15) is 24.8 Å². The number of rotatable bonds is 3. The normalized spacial score (nSPS) is 19.0. The highest BCUT2D eigenvalue weighted by atomic mass is 15.4. The highest BCUT2D eigenvalue weighted by Crippen LogP contribution is 2.24.